The number of hydrogen-bond donors (Lipinski definition) is 8. The van der Waals surface area contributed by atoms with Crippen molar-refractivity contribution >= 4 is 20.0 Å². The summed E-state index contributed by atoms with van der Waals surface area (Å²) in [5, 5.41) is 61.4. The van der Waals surface area contributed by atoms with Crippen LogP contribution in [-0.4, -0.2) is 133 Å². The summed E-state index contributed by atoms with van der Waals surface area (Å²) in [6.07, 6.45) is -15.7. The molecule has 0 bridgehead atoms. The van der Waals surface area contributed by atoms with E-state index in [2.05, 4.69) is 9.44 Å². The van der Waals surface area contributed by atoms with Gasteiger partial charge < -0.3 is 44.8 Å². The minimum atomic E-state index is -3.70. The van der Waals surface area contributed by atoms with Crippen LogP contribution in [0.25, 0.3) is 0 Å². The van der Waals surface area contributed by atoms with E-state index in [1.54, 1.807) is 6.92 Å². The molecule has 2 fully saturated rings. The van der Waals surface area contributed by atoms with Gasteiger partial charge >= 0.3 is 0 Å². The third kappa shape index (κ3) is 8.48. The minimum Gasteiger partial charge on any atom is -0.388 e. The molecule has 0 aromatic carbocycles. The minimum absolute atomic E-state index is 0.164. The maximum atomic E-state index is 12.1. The van der Waals surface area contributed by atoms with Crippen LogP contribution in [0.3, 0.4) is 0 Å². The van der Waals surface area contributed by atoms with Gasteiger partial charge in [-0.3, -0.25) is 0 Å². The fraction of sp³-hybridized carbons (Fsp3) is 1.00. The number of rotatable bonds is 13. The molecule has 0 amide bonds. The van der Waals surface area contributed by atoms with E-state index < -0.39 is 94.5 Å². The molecule has 15 nitrogen and oxygen atoms in total. The fourth-order valence-electron chi connectivity index (χ4n) is 3.69. The SMILES string of the molecule is CCCCS(=O)(=O)NC[C@H]1O[C@H](O[C@H]2O[C@H](CNS(=O)(=O)CCC)[C@@H](O)[C@H](O)[C@H]2O)[C@H](O)[C@@H](O)[C@@H]1O. The Balaban J connectivity index is 2.08. The average molecular weight is 567 g/mol. The summed E-state index contributed by atoms with van der Waals surface area (Å²) in [7, 11) is -7.39. The Kier molecular flexibility index (Phi) is 11.9. The topological polar surface area (TPSA) is 241 Å². The highest BCUT2D eigenvalue weighted by molar-refractivity contribution is 7.89. The molecule has 2 aliphatic rings. The molecule has 0 unspecified atom stereocenters. The van der Waals surface area contributed by atoms with E-state index in [4.69, 9.17) is 14.2 Å². The number of aliphatic hydroxyl groups is 6. The van der Waals surface area contributed by atoms with E-state index in [0.717, 1.165) is 0 Å². The van der Waals surface area contributed by atoms with E-state index in [0.29, 0.717) is 19.3 Å². The summed E-state index contributed by atoms with van der Waals surface area (Å²) in [4.78, 5) is 0. The first-order chi connectivity index (χ1) is 16.7. The van der Waals surface area contributed by atoms with E-state index in [-0.39, 0.29) is 11.5 Å². The molecule has 0 aromatic heterocycles. The van der Waals surface area contributed by atoms with Crippen molar-refractivity contribution in [3.8, 4) is 0 Å². The standard InChI is InChI=1S/C19H38N2O13S2/c1-3-5-7-36(30,31)21-9-11-13(23)15(25)17(27)19(33-11)34-18-16(26)14(24)12(22)10(32-18)8-20-35(28,29)6-4-2/h10-27H,3-9H2,1-2H3/t10-,11-,12-,13-,14+,15+,16-,17-,18-,19-/m1/s1. The molecule has 2 heterocycles. The summed E-state index contributed by atoms with van der Waals surface area (Å²) in [6, 6.07) is 0. The highest BCUT2D eigenvalue weighted by Crippen LogP contribution is 2.28. The van der Waals surface area contributed by atoms with Gasteiger partial charge in [0.15, 0.2) is 12.6 Å². The number of ether oxygens (including phenoxy) is 3. The van der Waals surface area contributed by atoms with Crippen LogP contribution in [0.4, 0.5) is 0 Å². The predicted octanol–water partition coefficient (Wildman–Crippen LogP) is -4.33. The Morgan fingerprint density at radius 3 is 1.44 bits per heavy atom. The summed E-state index contributed by atoms with van der Waals surface area (Å²) < 4.78 is 68.6. The second-order valence-corrected chi connectivity index (χ2v) is 12.7. The molecule has 214 valence electrons. The molecule has 8 N–H and O–H groups in total. The molecule has 10 atom stereocenters. The summed E-state index contributed by atoms with van der Waals surface area (Å²) in [5.74, 6) is -0.351. The number of unbranched alkanes of at least 4 members (excludes halogenated alkanes) is 1. The van der Waals surface area contributed by atoms with Gasteiger partial charge in [-0.2, -0.15) is 0 Å². The van der Waals surface area contributed by atoms with Gasteiger partial charge in [-0.15, -0.1) is 0 Å². The lowest BCUT2D eigenvalue weighted by Crippen LogP contribution is -2.64. The van der Waals surface area contributed by atoms with Crippen molar-refractivity contribution in [3.63, 3.8) is 0 Å². The van der Waals surface area contributed by atoms with E-state index >= 15 is 0 Å². The molecule has 0 spiro atoms. The fourth-order valence-corrected chi connectivity index (χ4v) is 6.02. The Morgan fingerprint density at radius 1 is 0.639 bits per heavy atom. The molecule has 2 rings (SSSR count). The normalized spacial score (nSPS) is 38.2. The summed E-state index contributed by atoms with van der Waals surface area (Å²) >= 11 is 0. The molecular formula is C19H38N2O13S2. The summed E-state index contributed by atoms with van der Waals surface area (Å²) in [6.45, 7) is 2.53. The lowest BCUT2D eigenvalue weighted by Gasteiger charge is -2.45. The smallest absolute Gasteiger partial charge is 0.211 e. The van der Waals surface area contributed by atoms with Gasteiger partial charge in [-0.25, -0.2) is 26.3 Å². The first-order valence-corrected chi connectivity index (χ1v) is 15.0. The second-order valence-electron chi connectivity index (χ2n) is 8.85. The van der Waals surface area contributed by atoms with Gasteiger partial charge in [0.1, 0.15) is 48.8 Å². The molecule has 2 aliphatic heterocycles. The molecule has 36 heavy (non-hydrogen) atoms. The van der Waals surface area contributed by atoms with Crippen LogP contribution in [0.5, 0.6) is 0 Å². The van der Waals surface area contributed by atoms with Gasteiger partial charge in [-0.05, 0) is 12.8 Å². The van der Waals surface area contributed by atoms with Crippen LogP contribution < -0.4 is 9.44 Å². The van der Waals surface area contributed by atoms with Crippen LogP contribution in [0, 0.1) is 0 Å². The molecule has 0 saturated carbocycles. The van der Waals surface area contributed by atoms with Crippen molar-refractivity contribution in [1.29, 1.82) is 0 Å². The monoisotopic (exact) mass is 566 g/mol. The van der Waals surface area contributed by atoms with Gasteiger partial charge in [-0.1, -0.05) is 20.3 Å². The van der Waals surface area contributed by atoms with Crippen molar-refractivity contribution in [1.82, 2.24) is 9.44 Å². The van der Waals surface area contributed by atoms with Gasteiger partial charge in [0.05, 0.1) is 11.5 Å². The lowest BCUT2D eigenvalue weighted by molar-refractivity contribution is -0.372. The van der Waals surface area contributed by atoms with Crippen molar-refractivity contribution in [3.05, 3.63) is 0 Å². The second kappa shape index (κ2) is 13.5. The Morgan fingerprint density at radius 2 is 1.06 bits per heavy atom. The Bertz CT molecular complexity index is 890. The zero-order valence-electron chi connectivity index (χ0n) is 20.1. The van der Waals surface area contributed by atoms with E-state index in [1.807, 2.05) is 6.92 Å². The lowest BCUT2D eigenvalue weighted by atomic mass is 9.98. The third-order valence-electron chi connectivity index (χ3n) is 5.85. The van der Waals surface area contributed by atoms with Gasteiger partial charge in [0, 0.05) is 13.1 Å². The first kappa shape index (κ1) is 31.7. The van der Waals surface area contributed by atoms with Crippen LogP contribution >= 0.6 is 0 Å². The van der Waals surface area contributed by atoms with Crippen molar-refractivity contribution in [2.75, 3.05) is 24.6 Å². The number of nitrogens with one attached hydrogen (secondary N) is 2. The zero-order chi connectivity index (χ0) is 27.3. The van der Waals surface area contributed by atoms with Gasteiger partial charge in [0.25, 0.3) is 0 Å². The van der Waals surface area contributed by atoms with Gasteiger partial charge in [0.2, 0.25) is 20.0 Å². The predicted molar refractivity (Wildman–Crippen MR) is 123 cm³/mol. The molecule has 0 aliphatic carbocycles. The van der Waals surface area contributed by atoms with Crippen LogP contribution in [0.2, 0.25) is 0 Å². The Hall–Kier alpha value is -0.540. The largest absolute Gasteiger partial charge is 0.388 e. The highest BCUT2D eigenvalue weighted by atomic mass is 32.2. The molecular weight excluding hydrogens is 528 g/mol. The average Bonchev–Trinajstić information content (AvgIpc) is 2.81. The van der Waals surface area contributed by atoms with Crippen molar-refractivity contribution in [2.24, 2.45) is 0 Å². The van der Waals surface area contributed by atoms with Crippen LogP contribution in [0.1, 0.15) is 33.1 Å². The quantitative estimate of drug-likeness (QED) is 0.105. The van der Waals surface area contributed by atoms with Crippen LogP contribution in [0.15, 0.2) is 0 Å². The van der Waals surface area contributed by atoms with Crippen LogP contribution in [-0.2, 0) is 34.3 Å². The van der Waals surface area contributed by atoms with E-state index in [1.165, 1.54) is 0 Å². The third-order valence-corrected chi connectivity index (χ3v) is 8.84. The summed E-state index contributed by atoms with van der Waals surface area (Å²) in [5.41, 5.74) is 0. The number of sulfonamides is 2. The maximum Gasteiger partial charge on any atom is 0.211 e. The Labute approximate surface area is 210 Å². The maximum absolute atomic E-state index is 12.1. The molecule has 0 aromatic rings. The van der Waals surface area contributed by atoms with E-state index in [9.17, 15) is 47.5 Å². The highest BCUT2D eigenvalue weighted by Gasteiger charge is 2.50. The van der Waals surface area contributed by atoms with Crippen molar-refractivity contribution in [2.45, 2.75) is 94.5 Å². The van der Waals surface area contributed by atoms with Crippen molar-refractivity contribution < 1.29 is 61.7 Å². The molecule has 2 saturated heterocycles. The first-order valence-electron chi connectivity index (χ1n) is 11.7. The molecule has 0 radical (unpaired) electrons. The number of aliphatic hydroxyl groups excluding tert-OH is 6. The molecule has 17 heteroatoms. The zero-order valence-corrected chi connectivity index (χ0v) is 21.7. The number of hydrogen-bond acceptors (Lipinski definition) is 13.